The highest BCUT2D eigenvalue weighted by atomic mass is 16.5. The molecule has 5 rings (SSSR count). The summed E-state index contributed by atoms with van der Waals surface area (Å²) in [6.45, 7) is 3.49. The van der Waals surface area contributed by atoms with Crippen LogP contribution in [0.25, 0.3) is 22.9 Å². The van der Waals surface area contributed by atoms with Gasteiger partial charge < -0.3 is 14.1 Å². The fourth-order valence-electron chi connectivity index (χ4n) is 4.27. The molecule has 1 saturated heterocycles. The molecule has 4 aromatic rings. The molecule has 0 aliphatic carbocycles. The average Bonchev–Trinajstić information content (AvgIpc) is 3.54. The number of aromatic nitrogens is 2. The molecule has 0 spiro atoms. The molecular formula is C27H25N3O3. The molecule has 0 bridgehead atoms. The Hall–Kier alpha value is -3.93. The predicted molar refractivity (Wildman–Crippen MR) is 126 cm³/mol. The molecule has 3 aromatic carbocycles. The second kappa shape index (κ2) is 8.90. The fraction of sp³-hybridized carbons (Fsp3) is 0.222. The van der Waals surface area contributed by atoms with E-state index >= 15 is 0 Å². The smallest absolute Gasteiger partial charge is 0.253 e. The molecule has 6 nitrogen and oxygen atoms in total. The Labute approximate surface area is 192 Å². The van der Waals surface area contributed by atoms with Crippen LogP contribution < -0.4 is 4.74 Å². The Balaban J connectivity index is 1.26. The standard InChI is InChI=1S/C27H25N3O3/c1-18-4-3-5-22(16-18)26-29-28-25(33-26)20-6-8-21(9-7-20)27(31)30-15-14-23(17-30)19-10-12-24(32-2)13-11-19/h3-13,16,23H,14-15,17H2,1-2H3. The van der Waals surface area contributed by atoms with E-state index in [2.05, 4.69) is 22.3 Å². The van der Waals surface area contributed by atoms with E-state index in [1.54, 1.807) is 7.11 Å². The number of nitrogens with zero attached hydrogens (tertiary/aromatic N) is 3. The van der Waals surface area contributed by atoms with E-state index in [1.165, 1.54) is 5.56 Å². The predicted octanol–water partition coefficient (Wildman–Crippen LogP) is 5.35. The van der Waals surface area contributed by atoms with Gasteiger partial charge in [-0.15, -0.1) is 10.2 Å². The van der Waals surface area contributed by atoms with E-state index in [9.17, 15) is 4.79 Å². The van der Waals surface area contributed by atoms with Gasteiger partial charge in [-0.1, -0.05) is 29.8 Å². The van der Waals surface area contributed by atoms with Crippen LogP contribution in [0, 0.1) is 6.92 Å². The van der Waals surface area contributed by atoms with Crippen LogP contribution >= 0.6 is 0 Å². The van der Waals surface area contributed by atoms with Gasteiger partial charge in [0, 0.05) is 35.7 Å². The quantitative estimate of drug-likeness (QED) is 0.419. The minimum absolute atomic E-state index is 0.0449. The number of methoxy groups -OCH3 is 1. The molecule has 1 amide bonds. The summed E-state index contributed by atoms with van der Waals surface area (Å²) in [5, 5.41) is 8.35. The average molecular weight is 440 g/mol. The third-order valence-electron chi connectivity index (χ3n) is 6.13. The highest BCUT2D eigenvalue weighted by Crippen LogP contribution is 2.30. The number of carbonyl (C=O) groups is 1. The van der Waals surface area contributed by atoms with Crippen molar-refractivity contribution < 1.29 is 13.9 Å². The van der Waals surface area contributed by atoms with Crippen molar-refractivity contribution in [1.29, 1.82) is 0 Å². The largest absolute Gasteiger partial charge is 0.497 e. The van der Waals surface area contributed by atoms with Crippen LogP contribution in [0.15, 0.2) is 77.2 Å². The first kappa shape index (κ1) is 20.9. The molecule has 1 aliphatic rings. The molecule has 1 atom stereocenters. The topological polar surface area (TPSA) is 68.5 Å². The summed E-state index contributed by atoms with van der Waals surface area (Å²) in [6, 6.07) is 23.4. The lowest BCUT2D eigenvalue weighted by molar-refractivity contribution is 0.0791. The Bertz CT molecular complexity index is 1260. The van der Waals surface area contributed by atoms with E-state index in [-0.39, 0.29) is 5.91 Å². The highest BCUT2D eigenvalue weighted by Gasteiger charge is 2.28. The van der Waals surface area contributed by atoms with Crippen LogP contribution in [0.4, 0.5) is 0 Å². The SMILES string of the molecule is COc1ccc(C2CCN(C(=O)c3ccc(-c4nnc(-c5cccc(C)c5)o4)cc3)C2)cc1. The number of carbonyl (C=O) groups excluding carboxylic acids is 1. The molecule has 0 radical (unpaired) electrons. The van der Waals surface area contributed by atoms with Gasteiger partial charge in [0.05, 0.1) is 7.11 Å². The van der Waals surface area contributed by atoms with Gasteiger partial charge in [-0.2, -0.15) is 0 Å². The number of amides is 1. The molecule has 166 valence electrons. The van der Waals surface area contributed by atoms with Gasteiger partial charge in [-0.25, -0.2) is 0 Å². The van der Waals surface area contributed by atoms with Gasteiger partial charge in [-0.05, 0) is 67.4 Å². The maximum atomic E-state index is 13.0. The molecule has 0 N–H and O–H groups in total. The van der Waals surface area contributed by atoms with Crippen molar-refractivity contribution in [1.82, 2.24) is 15.1 Å². The summed E-state index contributed by atoms with van der Waals surface area (Å²) in [4.78, 5) is 15.0. The van der Waals surface area contributed by atoms with Crippen LogP contribution in [0.2, 0.25) is 0 Å². The first-order valence-corrected chi connectivity index (χ1v) is 11.0. The molecule has 1 fully saturated rings. The van der Waals surface area contributed by atoms with E-state index < -0.39 is 0 Å². The van der Waals surface area contributed by atoms with Crippen LogP contribution in [0.3, 0.4) is 0 Å². The van der Waals surface area contributed by atoms with Gasteiger partial charge in [0.2, 0.25) is 11.8 Å². The summed E-state index contributed by atoms with van der Waals surface area (Å²) in [7, 11) is 1.66. The molecule has 33 heavy (non-hydrogen) atoms. The maximum Gasteiger partial charge on any atom is 0.253 e. The molecule has 0 saturated carbocycles. The fourth-order valence-corrected chi connectivity index (χ4v) is 4.27. The van der Waals surface area contributed by atoms with Gasteiger partial charge in [0.25, 0.3) is 5.91 Å². The lowest BCUT2D eigenvalue weighted by Crippen LogP contribution is -2.28. The minimum atomic E-state index is 0.0449. The highest BCUT2D eigenvalue weighted by molar-refractivity contribution is 5.94. The summed E-state index contributed by atoms with van der Waals surface area (Å²) in [5.41, 5.74) is 4.71. The summed E-state index contributed by atoms with van der Waals surface area (Å²) in [6.07, 6.45) is 0.958. The Morgan fingerprint density at radius 3 is 2.39 bits per heavy atom. The lowest BCUT2D eigenvalue weighted by atomic mass is 9.98. The van der Waals surface area contributed by atoms with Gasteiger partial charge >= 0.3 is 0 Å². The third kappa shape index (κ3) is 4.37. The second-order valence-electron chi connectivity index (χ2n) is 8.37. The van der Waals surface area contributed by atoms with Gasteiger partial charge in [-0.3, -0.25) is 4.79 Å². The normalized spacial score (nSPS) is 15.6. The van der Waals surface area contributed by atoms with E-state index in [0.717, 1.165) is 42.0 Å². The van der Waals surface area contributed by atoms with Crippen molar-refractivity contribution in [3.63, 3.8) is 0 Å². The van der Waals surface area contributed by atoms with Crippen LogP contribution in [-0.2, 0) is 0 Å². The van der Waals surface area contributed by atoms with Crippen LogP contribution in [-0.4, -0.2) is 41.2 Å². The maximum absolute atomic E-state index is 13.0. The molecule has 6 heteroatoms. The number of aryl methyl sites for hydroxylation is 1. The monoisotopic (exact) mass is 439 g/mol. The summed E-state index contributed by atoms with van der Waals surface area (Å²) >= 11 is 0. The number of rotatable bonds is 5. The van der Waals surface area contributed by atoms with E-state index in [1.807, 2.05) is 72.5 Å². The molecule has 1 aromatic heterocycles. The van der Waals surface area contributed by atoms with Crippen LogP contribution in [0.1, 0.15) is 33.8 Å². The van der Waals surface area contributed by atoms with E-state index in [0.29, 0.717) is 23.3 Å². The van der Waals surface area contributed by atoms with Crippen molar-refractivity contribution in [2.24, 2.45) is 0 Å². The molecule has 1 aliphatic heterocycles. The lowest BCUT2D eigenvalue weighted by Gasteiger charge is -2.17. The number of hydrogen-bond acceptors (Lipinski definition) is 5. The van der Waals surface area contributed by atoms with Crippen molar-refractivity contribution in [3.05, 3.63) is 89.5 Å². The van der Waals surface area contributed by atoms with Crippen molar-refractivity contribution in [3.8, 4) is 28.7 Å². The zero-order chi connectivity index (χ0) is 22.8. The zero-order valence-corrected chi connectivity index (χ0v) is 18.7. The first-order chi connectivity index (χ1) is 16.1. The summed E-state index contributed by atoms with van der Waals surface area (Å²) in [5.74, 6) is 2.15. The number of likely N-dealkylation sites (tertiary alicyclic amines) is 1. The van der Waals surface area contributed by atoms with Crippen molar-refractivity contribution >= 4 is 5.91 Å². The Morgan fingerprint density at radius 1 is 0.970 bits per heavy atom. The zero-order valence-electron chi connectivity index (χ0n) is 18.7. The number of ether oxygens (including phenoxy) is 1. The summed E-state index contributed by atoms with van der Waals surface area (Å²) < 4.78 is 11.1. The molecule has 1 unspecified atom stereocenters. The van der Waals surface area contributed by atoms with E-state index in [4.69, 9.17) is 9.15 Å². The van der Waals surface area contributed by atoms with Gasteiger partial charge in [0.1, 0.15) is 5.75 Å². The second-order valence-corrected chi connectivity index (χ2v) is 8.37. The first-order valence-electron chi connectivity index (χ1n) is 11.0. The minimum Gasteiger partial charge on any atom is -0.497 e. The number of benzene rings is 3. The number of hydrogen-bond donors (Lipinski definition) is 0. The third-order valence-corrected chi connectivity index (χ3v) is 6.13. The molecule has 2 heterocycles. The van der Waals surface area contributed by atoms with Crippen LogP contribution in [0.5, 0.6) is 5.75 Å². The Morgan fingerprint density at radius 2 is 1.70 bits per heavy atom. The van der Waals surface area contributed by atoms with Crippen molar-refractivity contribution in [2.45, 2.75) is 19.3 Å². The van der Waals surface area contributed by atoms with Gasteiger partial charge in [0.15, 0.2) is 0 Å². The Kier molecular flexibility index (Phi) is 5.65. The molecular weight excluding hydrogens is 414 g/mol. The van der Waals surface area contributed by atoms with Crippen molar-refractivity contribution in [2.75, 3.05) is 20.2 Å².